The molecule has 1 N–H and O–H groups in total. The van der Waals surface area contributed by atoms with Gasteiger partial charge in [-0.3, -0.25) is 0 Å². The standard InChI is InChI=1S/C62H41N3O.C38H24ClNO.C24H18N2/c1-4-19-44(20-5-1)63(47-33-35-62-58(40-47)56-29-15-17-31-61(56)66-62)49-36-43(57-38-42-18-10-11-25-51(42)52-26-12-13-27-53(52)57)37-50(39-49)64(45-21-6-2-7-22-45)48-32-34-55-54-28-14-16-30-59(54)65(60(55)41-48)46-23-8-3-9-24-46;39-27-20-26(35-22-25-10-4-5-13-31(25)32-14-6-7-15-33(32)35)21-30(23-27)40(28-11-2-1-3-12-28)29-18-19-38-36(24-29)34-16-8-9-17-37(34)41-38;1-3-9-18(10-4-1)25-19-15-16-22-21-13-7-8-14-23(21)26(24(22)17-19)20-11-5-2-6-12-20/h1-41H;1-24H;1-17,25H. The van der Waals surface area contributed by atoms with Gasteiger partial charge in [0.1, 0.15) is 22.3 Å². The van der Waals surface area contributed by atoms with Gasteiger partial charge in [-0.15, -0.1) is 0 Å². The van der Waals surface area contributed by atoms with Crippen LogP contribution in [0.5, 0.6) is 0 Å². The normalized spacial score (nSPS) is 11.5. The molecule has 26 rings (SSSR count). The van der Waals surface area contributed by atoms with Crippen molar-refractivity contribution in [1.29, 1.82) is 0 Å². The molecule has 0 unspecified atom stereocenters. The number of rotatable bonds is 15. The largest absolute Gasteiger partial charge is 0.456 e. The summed E-state index contributed by atoms with van der Waals surface area (Å²) < 4.78 is 17.2. The molecule has 0 bridgehead atoms. The molecule has 0 aliphatic rings. The van der Waals surface area contributed by atoms with Crippen molar-refractivity contribution in [3.63, 3.8) is 0 Å². The molecule has 0 saturated heterocycles. The Morgan fingerprint density at radius 3 is 0.985 bits per heavy atom. The van der Waals surface area contributed by atoms with Gasteiger partial charge in [0.25, 0.3) is 0 Å². The van der Waals surface area contributed by atoms with E-state index < -0.39 is 0 Å². The van der Waals surface area contributed by atoms with E-state index in [0.29, 0.717) is 5.02 Å². The number of nitrogens with one attached hydrogen (secondary N) is 1. The third kappa shape index (κ3) is 14.7. The second kappa shape index (κ2) is 34.0. The Morgan fingerprint density at radius 1 is 0.188 bits per heavy atom. The molecule has 4 heterocycles. The molecular weight excluding hydrogens is 1640 g/mol. The molecule has 0 spiro atoms. The zero-order valence-corrected chi connectivity index (χ0v) is 73.0. The van der Waals surface area contributed by atoms with Gasteiger partial charge in [-0.2, -0.15) is 0 Å². The minimum absolute atomic E-state index is 0.686. The highest BCUT2D eigenvalue weighted by Crippen LogP contribution is 2.50. The highest BCUT2D eigenvalue weighted by Gasteiger charge is 2.26. The fourth-order valence-electron chi connectivity index (χ4n) is 19.8. The van der Waals surface area contributed by atoms with Gasteiger partial charge in [-0.1, -0.05) is 303 Å². The van der Waals surface area contributed by atoms with E-state index in [0.717, 1.165) is 134 Å². The Balaban J connectivity index is 0.000000123. The van der Waals surface area contributed by atoms with Crippen LogP contribution in [0.25, 0.3) is 164 Å². The molecule has 0 fully saturated rings. The molecule has 0 aliphatic carbocycles. The predicted octanol–water partition coefficient (Wildman–Crippen LogP) is 35.8. The summed E-state index contributed by atoms with van der Waals surface area (Å²) in [5.41, 5.74) is 26.6. The van der Waals surface area contributed by atoms with Crippen molar-refractivity contribution in [2.45, 2.75) is 0 Å². The maximum atomic E-state index is 6.90. The maximum Gasteiger partial charge on any atom is 0.135 e. The summed E-state index contributed by atoms with van der Waals surface area (Å²) in [6.45, 7) is 0. The van der Waals surface area contributed by atoms with E-state index in [9.17, 15) is 0 Å². The lowest BCUT2D eigenvalue weighted by Gasteiger charge is -2.30. The first-order chi connectivity index (χ1) is 65.9. The van der Waals surface area contributed by atoms with Gasteiger partial charge in [0, 0.05) is 122 Å². The van der Waals surface area contributed by atoms with E-state index in [1.165, 1.54) is 92.4 Å². The first-order valence-electron chi connectivity index (χ1n) is 45.0. The number of benzene rings is 22. The van der Waals surface area contributed by atoms with Crippen molar-refractivity contribution in [1.82, 2.24) is 9.13 Å². The number of aromatic nitrogens is 2. The molecule has 0 radical (unpaired) electrons. The molecule has 8 nitrogen and oxygen atoms in total. The van der Waals surface area contributed by atoms with Crippen LogP contribution < -0.4 is 20.0 Å². The monoisotopic (exact) mass is 1720 g/mol. The number of anilines is 11. The van der Waals surface area contributed by atoms with Crippen molar-refractivity contribution in [3.8, 4) is 33.6 Å². The quantitative estimate of drug-likeness (QED) is 0.103. The molecular formula is C124H83ClN6O2. The summed E-state index contributed by atoms with van der Waals surface area (Å²) >= 11 is 6.90. The first kappa shape index (κ1) is 79.0. The second-order valence-electron chi connectivity index (χ2n) is 33.7. The summed E-state index contributed by atoms with van der Waals surface area (Å²) in [7, 11) is 0. The summed E-state index contributed by atoms with van der Waals surface area (Å²) in [5.74, 6) is 0. The predicted molar refractivity (Wildman–Crippen MR) is 562 cm³/mol. The van der Waals surface area contributed by atoms with Crippen LogP contribution in [-0.4, -0.2) is 9.13 Å². The number of fused-ring (bicyclic) bond motifs is 18. The number of hydrogen-bond acceptors (Lipinski definition) is 6. The van der Waals surface area contributed by atoms with Crippen molar-refractivity contribution in [2.24, 2.45) is 0 Å². The number of hydrogen-bond donors (Lipinski definition) is 1. The minimum Gasteiger partial charge on any atom is -0.456 e. The van der Waals surface area contributed by atoms with Gasteiger partial charge in [-0.25, -0.2) is 0 Å². The molecule has 4 aromatic heterocycles. The van der Waals surface area contributed by atoms with Crippen LogP contribution in [0.4, 0.5) is 62.6 Å². The Morgan fingerprint density at radius 2 is 0.519 bits per heavy atom. The molecule has 133 heavy (non-hydrogen) atoms. The number of furan rings is 2. The van der Waals surface area contributed by atoms with E-state index >= 15 is 0 Å². The smallest absolute Gasteiger partial charge is 0.135 e. The van der Waals surface area contributed by atoms with Crippen molar-refractivity contribution in [2.75, 3.05) is 20.0 Å². The van der Waals surface area contributed by atoms with Gasteiger partial charge >= 0.3 is 0 Å². The molecule has 9 heteroatoms. The summed E-state index contributed by atoms with van der Waals surface area (Å²) in [6, 6.07) is 177. The van der Waals surface area contributed by atoms with Gasteiger partial charge in [0.05, 0.1) is 22.1 Å². The lowest BCUT2D eigenvalue weighted by molar-refractivity contribution is 0.668. The van der Waals surface area contributed by atoms with Crippen LogP contribution in [-0.2, 0) is 0 Å². The highest BCUT2D eigenvalue weighted by atomic mass is 35.5. The van der Waals surface area contributed by atoms with E-state index in [2.05, 4.69) is 472 Å². The Labute approximate surface area is 773 Å². The molecule has 26 aromatic rings. The third-order valence-corrected chi connectivity index (χ3v) is 25.9. The number of halogens is 1. The fourth-order valence-corrected chi connectivity index (χ4v) is 20.0. The summed E-state index contributed by atoms with van der Waals surface area (Å²) in [6.07, 6.45) is 0. The van der Waals surface area contributed by atoms with Gasteiger partial charge in [-0.05, 0) is 272 Å². The second-order valence-corrected chi connectivity index (χ2v) is 34.1. The van der Waals surface area contributed by atoms with Crippen LogP contribution in [0.3, 0.4) is 0 Å². The first-order valence-corrected chi connectivity index (χ1v) is 45.4. The fraction of sp³-hybridized carbons (Fsp3) is 0. The third-order valence-electron chi connectivity index (χ3n) is 25.7. The van der Waals surface area contributed by atoms with E-state index in [-0.39, 0.29) is 0 Å². The molecule has 0 amide bonds. The molecule has 0 saturated carbocycles. The average Bonchev–Trinajstić information content (AvgIpc) is 1.74. The zero-order valence-electron chi connectivity index (χ0n) is 72.3. The molecule has 628 valence electrons. The molecule has 0 atom stereocenters. The Bertz CT molecular complexity index is 8900. The van der Waals surface area contributed by atoms with Crippen molar-refractivity contribution >= 4 is 205 Å². The van der Waals surface area contributed by atoms with E-state index in [1.807, 2.05) is 54.6 Å². The Kier molecular flexibility index (Phi) is 20.2. The minimum atomic E-state index is 0.686. The van der Waals surface area contributed by atoms with Crippen molar-refractivity contribution in [3.05, 3.63) is 502 Å². The maximum absolute atomic E-state index is 6.90. The summed E-state index contributed by atoms with van der Waals surface area (Å²) in [5, 5.41) is 23.3. The average molecular weight is 1720 g/mol. The van der Waals surface area contributed by atoms with Gasteiger partial charge in [0.15, 0.2) is 0 Å². The molecule has 0 aliphatic heterocycles. The van der Waals surface area contributed by atoms with Crippen LogP contribution in [0.2, 0.25) is 5.02 Å². The Hall–Kier alpha value is -17.4. The van der Waals surface area contributed by atoms with Crippen molar-refractivity contribution < 1.29 is 8.83 Å². The van der Waals surface area contributed by atoms with Gasteiger partial charge in [0.2, 0.25) is 0 Å². The SMILES string of the molecule is Clc1cc(-c2cc3ccccc3c3ccccc23)cc(N(c2ccccc2)c2ccc3oc4ccccc4c3c2)c1.c1ccc(N(c2cc(-c3cc4ccccc4c4ccccc34)cc(N(c3ccccc3)c3ccc4c5ccccc5n(-c5ccccc5)c4c3)c2)c2ccc3oc4ccccc4c3c2)cc1.c1ccc(Nc2ccc3c4ccccc4n(-c4ccccc4)c3c2)cc1. The van der Waals surface area contributed by atoms with Crippen LogP contribution in [0.1, 0.15) is 0 Å². The van der Waals surface area contributed by atoms with E-state index in [4.69, 9.17) is 20.4 Å². The number of para-hydroxylation sites is 10. The lowest BCUT2D eigenvalue weighted by Crippen LogP contribution is -2.13. The summed E-state index contributed by atoms with van der Waals surface area (Å²) in [4.78, 5) is 7.07. The van der Waals surface area contributed by atoms with Gasteiger partial charge < -0.3 is 38.0 Å². The zero-order chi connectivity index (χ0) is 88.2. The van der Waals surface area contributed by atoms with Crippen LogP contribution >= 0.6 is 11.6 Å². The van der Waals surface area contributed by atoms with E-state index in [1.54, 1.807) is 0 Å². The number of nitrogens with zero attached hydrogens (tertiary/aromatic N) is 5. The van der Waals surface area contributed by atoms with Crippen LogP contribution in [0, 0.1) is 0 Å². The lowest BCUT2D eigenvalue weighted by atomic mass is 9.92. The topological polar surface area (TPSA) is 57.9 Å². The highest BCUT2D eigenvalue weighted by molar-refractivity contribution is 6.31. The van der Waals surface area contributed by atoms with Crippen LogP contribution in [0.15, 0.2) is 506 Å². The molecule has 22 aromatic carbocycles.